The van der Waals surface area contributed by atoms with Crippen LogP contribution in [0.4, 0.5) is 0 Å². The maximum absolute atomic E-state index is 10.4. The number of phenols is 1. The largest absolute Gasteiger partial charge is 0.507 e. The van der Waals surface area contributed by atoms with Crippen molar-refractivity contribution in [1.82, 2.24) is 0 Å². The molecule has 0 aromatic heterocycles. The average Bonchev–Trinajstić information content (AvgIpc) is 3.44. The molecule has 1 aliphatic heterocycles. The van der Waals surface area contributed by atoms with Crippen molar-refractivity contribution in [2.75, 3.05) is 0 Å². The van der Waals surface area contributed by atoms with Gasteiger partial charge in [0.1, 0.15) is 17.1 Å². The first-order valence-electron chi connectivity index (χ1n) is 13.1. The van der Waals surface area contributed by atoms with E-state index < -0.39 is 0 Å². The number of phenolic OH excluding ortho intramolecular Hbond substituents is 1. The van der Waals surface area contributed by atoms with Crippen LogP contribution >= 0.6 is 0 Å². The molecule has 1 aromatic rings. The number of aromatic hydroxyl groups is 1. The Morgan fingerprint density at radius 2 is 1.58 bits per heavy atom. The van der Waals surface area contributed by atoms with Gasteiger partial charge in [-0.15, -0.1) is 0 Å². The summed E-state index contributed by atoms with van der Waals surface area (Å²) in [5.41, 5.74) is 4.24. The summed E-state index contributed by atoms with van der Waals surface area (Å²) in [7, 11) is 0. The summed E-state index contributed by atoms with van der Waals surface area (Å²) < 4.78 is 6.61. The van der Waals surface area contributed by atoms with Gasteiger partial charge in [-0.2, -0.15) is 0 Å². The van der Waals surface area contributed by atoms with Crippen molar-refractivity contribution in [2.45, 2.75) is 125 Å². The summed E-state index contributed by atoms with van der Waals surface area (Å²) in [5.74, 6) is 5.29. The van der Waals surface area contributed by atoms with Crippen LogP contribution in [0.2, 0.25) is 0 Å². The van der Waals surface area contributed by atoms with Crippen LogP contribution in [0.1, 0.15) is 114 Å². The third-order valence-corrected chi connectivity index (χ3v) is 8.70. The maximum Gasteiger partial charge on any atom is 0.127 e. The highest BCUT2D eigenvalue weighted by molar-refractivity contribution is 5.58. The van der Waals surface area contributed by atoms with E-state index in [1.54, 1.807) is 0 Å². The molecule has 2 aliphatic rings. The molecule has 1 aliphatic carbocycles. The molecular formula is C29H48O2. The quantitative estimate of drug-likeness (QED) is 0.383. The van der Waals surface area contributed by atoms with Crippen LogP contribution in [0, 0.1) is 44.4 Å². The summed E-state index contributed by atoms with van der Waals surface area (Å²) in [6.45, 7) is 15.7. The molecule has 1 saturated carbocycles. The summed E-state index contributed by atoms with van der Waals surface area (Å²) in [5, 5.41) is 10.4. The highest BCUT2D eigenvalue weighted by atomic mass is 16.5. The van der Waals surface area contributed by atoms with Gasteiger partial charge in [0.05, 0.1) is 0 Å². The van der Waals surface area contributed by atoms with E-state index in [1.165, 1.54) is 56.9 Å². The molecule has 2 heteroatoms. The zero-order chi connectivity index (χ0) is 22.8. The molecule has 1 aromatic carbocycles. The van der Waals surface area contributed by atoms with Crippen LogP contribution in [0.3, 0.4) is 0 Å². The van der Waals surface area contributed by atoms with Gasteiger partial charge in [-0.1, -0.05) is 52.9 Å². The Kier molecular flexibility index (Phi) is 8.03. The Hall–Kier alpha value is -1.18. The number of hydrogen-bond acceptors (Lipinski definition) is 2. The van der Waals surface area contributed by atoms with Crippen LogP contribution < -0.4 is 4.74 Å². The van der Waals surface area contributed by atoms with E-state index in [9.17, 15) is 5.11 Å². The van der Waals surface area contributed by atoms with Gasteiger partial charge < -0.3 is 9.84 Å². The van der Waals surface area contributed by atoms with E-state index in [1.807, 2.05) is 13.8 Å². The summed E-state index contributed by atoms with van der Waals surface area (Å²) >= 11 is 0. The zero-order valence-corrected chi connectivity index (χ0v) is 21.4. The number of rotatable bonds is 11. The Morgan fingerprint density at radius 1 is 0.968 bits per heavy atom. The predicted molar refractivity (Wildman–Crippen MR) is 132 cm³/mol. The van der Waals surface area contributed by atoms with Gasteiger partial charge >= 0.3 is 0 Å². The highest BCUT2D eigenvalue weighted by Crippen LogP contribution is 2.45. The number of benzene rings is 1. The molecule has 5 atom stereocenters. The zero-order valence-electron chi connectivity index (χ0n) is 21.4. The third-order valence-electron chi connectivity index (χ3n) is 8.70. The van der Waals surface area contributed by atoms with Crippen molar-refractivity contribution >= 4 is 0 Å². The molecule has 5 unspecified atom stereocenters. The average molecular weight is 429 g/mol. The van der Waals surface area contributed by atoms with Crippen LogP contribution in [0.5, 0.6) is 11.5 Å². The second-order valence-electron chi connectivity index (χ2n) is 11.7. The third kappa shape index (κ3) is 6.20. The summed E-state index contributed by atoms with van der Waals surface area (Å²) in [6.07, 6.45) is 14.3. The van der Waals surface area contributed by atoms with Crippen LogP contribution in [0.15, 0.2) is 0 Å². The van der Waals surface area contributed by atoms with E-state index in [-0.39, 0.29) is 5.60 Å². The van der Waals surface area contributed by atoms with E-state index in [2.05, 4.69) is 34.6 Å². The second kappa shape index (κ2) is 10.2. The molecule has 1 fully saturated rings. The molecule has 1 heterocycles. The van der Waals surface area contributed by atoms with Crippen molar-refractivity contribution in [1.29, 1.82) is 0 Å². The van der Waals surface area contributed by atoms with Gasteiger partial charge in [0, 0.05) is 5.56 Å². The molecule has 0 saturated heterocycles. The Labute approximate surface area is 192 Å². The smallest absolute Gasteiger partial charge is 0.127 e. The molecule has 176 valence electrons. The fraction of sp³-hybridized carbons (Fsp3) is 0.793. The molecular weight excluding hydrogens is 380 g/mol. The highest BCUT2D eigenvalue weighted by Gasteiger charge is 2.34. The van der Waals surface area contributed by atoms with Gasteiger partial charge in [0.2, 0.25) is 0 Å². The fourth-order valence-electron chi connectivity index (χ4n) is 5.70. The molecule has 0 amide bonds. The van der Waals surface area contributed by atoms with Crippen molar-refractivity contribution in [2.24, 2.45) is 23.7 Å². The van der Waals surface area contributed by atoms with Crippen molar-refractivity contribution in [3.05, 3.63) is 22.3 Å². The molecule has 3 rings (SSSR count). The first-order chi connectivity index (χ1) is 14.6. The lowest BCUT2D eigenvalue weighted by atomic mass is 9.84. The van der Waals surface area contributed by atoms with E-state index >= 15 is 0 Å². The monoisotopic (exact) mass is 428 g/mol. The van der Waals surface area contributed by atoms with Gasteiger partial charge in [-0.3, -0.25) is 0 Å². The molecule has 0 spiro atoms. The van der Waals surface area contributed by atoms with Gasteiger partial charge in [0.25, 0.3) is 0 Å². The molecule has 31 heavy (non-hydrogen) atoms. The maximum atomic E-state index is 10.4. The number of fused-ring (bicyclic) bond motifs is 1. The van der Waals surface area contributed by atoms with E-state index in [4.69, 9.17) is 4.74 Å². The Morgan fingerprint density at radius 3 is 2.23 bits per heavy atom. The van der Waals surface area contributed by atoms with Crippen LogP contribution in [-0.2, 0) is 6.42 Å². The minimum Gasteiger partial charge on any atom is -0.507 e. The molecule has 0 bridgehead atoms. The summed E-state index contributed by atoms with van der Waals surface area (Å²) in [6, 6.07) is 0. The Balaban J connectivity index is 1.38. The minimum atomic E-state index is -0.0677. The van der Waals surface area contributed by atoms with E-state index in [0.29, 0.717) is 5.75 Å². The molecule has 2 nitrogen and oxygen atoms in total. The number of hydrogen-bond donors (Lipinski definition) is 1. The SMILES string of the molecule is Cc1c(C)c2c(c(C)c1O)CCC(C)(CCCC(C)CCCC(C)CCC1CC1C)O2. The van der Waals surface area contributed by atoms with Crippen LogP contribution in [-0.4, -0.2) is 10.7 Å². The van der Waals surface area contributed by atoms with E-state index in [0.717, 1.165) is 65.4 Å². The lowest BCUT2D eigenvalue weighted by Gasteiger charge is -2.38. The van der Waals surface area contributed by atoms with Crippen molar-refractivity contribution < 1.29 is 9.84 Å². The second-order valence-corrected chi connectivity index (χ2v) is 11.7. The molecule has 1 N–H and O–H groups in total. The standard InChI is InChI=1S/C29H48O2/c1-19(10-8-11-20(2)13-14-25-18-21(25)3)12-9-16-29(7)17-15-26-24(6)27(30)22(4)23(5)28(26)31-29/h19-21,25,30H,8-18H2,1-7H3. The topological polar surface area (TPSA) is 29.5 Å². The predicted octanol–water partition coefficient (Wildman–Crippen LogP) is 8.45. The molecule has 0 radical (unpaired) electrons. The minimum absolute atomic E-state index is 0.0677. The first-order valence-corrected chi connectivity index (χ1v) is 13.1. The van der Waals surface area contributed by atoms with Crippen molar-refractivity contribution in [3.8, 4) is 11.5 Å². The fourth-order valence-corrected chi connectivity index (χ4v) is 5.70. The lowest BCUT2D eigenvalue weighted by Crippen LogP contribution is -2.37. The van der Waals surface area contributed by atoms with Gasteiger partial charge in [0.15, 0.2) is 0 Å². The normalized spacial score (nSPS) is 26.8. The van der Waals surface area contributed by atoms with Crippen molar-refractivity contribution in [3.63, 3.8) is 0 Å². The van der Waals surface area contributed by atoms with Gasteiger partial charge in [-0.05, 0) is 107 Å². The first kappa shape index (κ1) is 24.5. The van der Waals surface area contributed by atoms with Crippen LogP contribution in [0.25, 0.3) is 0 Å². The van der Waals surface area contributed by atoms with Gasteiger partial charge in [-0.25, -0.2) is 0 Å². The Bertz CT molecular complexity index is 752. The number of ether oxygens (including phenoxy) is 1. The summed E-state index contributed by atoms with van der Waals surface area (Å²) in [4.78, 5) is 0. The lowest BCUT2D eigenvalue weighted by molar-refractivity contribution is 0.0512.